The number of sulfonamides is 1. The van der Waals surface area contributed by atoms with Gasteiger partial charge in [-0.3, -0.25) is 4.79 Å². The van der Waals surface area contributed by atoms with Crippen molar-refractivity contribution in [1.29, 1.82) is 0 Å². The van der Waals surface area contributed by atoms with E-state index in [4.69, 9.17) is 4.74 Å². The molecule has 20 heavy (non-hydrogen) atoms. The number of carbonyl (C=O) groups excluding carboxylic acids is 1. The van der Waals surface area contributed by atoms with Crippen LogP contribution in [0.5, 0.6) is 0 Å². The van der Waals surface area contributed by atoms with Gasteiger partial charge in [0.15, 0.2) is 0 Å². The molecule has 2 aliphatic rings. The van der Waals surface area contributed by atoms with Crippen molar-refractivity contribution in [3.8, 4) is 0 Å². The second-order valence-corrected chi connectivity index (χ2v) is 8.02. The lowest BCUT2D eigenvalue weighted by atomic mass is 9.91. The fourth-order valence-corrected chi connectivity index (χ4v) is 5.27. The molecule has 1 atom stereocenters. The van der Waals surface area contributed by atoms with Crippen LogP contribution in [0.4, 0.5) is 0 Å². The van der Waals surface area contributed by atoms with Crippen LogP contribution in [0.15, 0.2) is 0 Å². The molecule has 0 N–H and O–H groups in total. The highest BCUT2D eigenvalue weighted by atomic mass is 32.2. The average Bonchev–Trinajstić information content (AvgIpc) is 2.47. The van der Waals surface area contributed by atoms with E-state index >= 15 is 0 Å². The molecule has 0 unspecified atom stereocenters. The first-order chi connectivity index (χ1) is 9.53. The molecule has 0 spiro atoms. The zero-order valence-electron chi connectivity index (χ0n) is 12.2. The Morgan fingerprint density at radius 3 is 2.50 bits per heavy atom. The molecule has 2 rings (SSSR count). The summed E-state index contributed by atoms with van der Waals surface area (Å²) in [6.45, 7) is 0.838. The van der Waals surface area contributed by atoms with Crippen LogP contribution in [0.1, 0.15) is 44.9 Å². The molecule has 1 saturated heterocycles. The molecule has 6 heteroatoms. The Hall–Kier alpha value is -0.620. The molecule has 2 fully saturated rings. The number of methoxy groups -OCH3 is 1. The second kappa shape index (κ2) is 6.89. The van der Waals surface area contributed by atoms with Crippen LogP contribution in [-0.4, -0.2) is 44.6 Å². The molecule has 0 radical (unpaired) electrons. The van der Waals surface area contributed by atoms with Gasteiger partial charge in [0.05, 0.1) is 18.8 Å². The Morgan fingerprint density at radius 1 is 1.15 bits per heavy atom. The van der Waals surface area contributed by atoms with E-state index in [0.717, 1.165) is 38.5 Å². The van der Waals surface area contributed by atoms with Gasteiger partial charge in [-0.05, 0) is 31.6 Å². The summed E-state index contributed by atoms with van der Waals surface area (Å²) >= 11 is 0. The van der Waals surface area contributed by atoms with Gasteiger partial charge >= 0.3 is 5.97 Å². The van der Waals surface area contributed by atoms with E-state index in [-0.39, 0.29) is 17.6 Å². The van der Waals surface area contributed by atoms with Gasteiger partial charge in [0.25, 0.3) is 0 Å². The Labute approximate surface area is 121 Å². The normalized spacial score (nSPS) is 26.4. The summed E-state index contributed by atoms with van der Waals surface area (Å²) in [5.74, 6) is -0.0364. The first-order valence-electron chi connectivity index (χ1n) is 7.58. The smallest absolute Gasteiger partial charge is 0.309 e. The molecule has 0 amide bonds. The molecule has 0 aromatic heterocycles. The molecular weight excluding hydrogens is 278 g/mol. The molecule has 1 aliphatic heterocycles. The Kier molecular flexibility index (Phi) is 5.43. The predicted octanol–water partition coefficient (Wildman–Crippen LogP) is 1.78. The summed E-state index contributed by atoms with van der Waals surface area (Å²) in [4.78, 5) is 11.6. The van der Waals surface area contributed by atoms with Gasteiger partial charge in [0.2, 0.25) is 10.0 Å². The minimum absolute atomic E-state index is 0.251. The maximum Gasteiger partial charge on any atom is 0.309 e. The van der Waals surface area contributed by atoms with Gasteiger partial charge < -0.3 is 4.74 Å². The van der Waals surface area contributed by atoms with E-state index < -0.39 is 10.0 Å². The lowest BCUT2D eigenvalue weighted by Gasteiger charge is -2.32. The van der Waals surface area contributed by atoms with Crippen molar-refractivity contribution in [2.75, 3.05) is 26.0 Å². The predicted molar refractivity (Wildman–Crippen MR) is 76.7 cm³/mol. The summed E-state index contributed by atoms with van der Waals surface area (Å²) in [5, 5.41) is 0. The van der Waals surface area contributed by atoms with Crippen LogP contribution >= 0.6 is 0 Å². The van der Waals surface area contributed by atoms with E-state index in [1.165, 1.54) is 17.8 Å². The van der Waals surface area contributed by atoms with E-state index in [0.29, 0.717) is 19.0 Å². The van der Waals surface area contributed by atoms with Gasteiger partial charge in [-0.1, -0.05) is 19.3 Å². The van der Waals surface area contributed by atoms with Gasteiger partial charge in [0.1, 0.15) is 0 Å². The van der Waals surface area contributed by atoms with Crippen molar-refractivity contribution in [2.45, 2.75) is 44.9 Å². The van der Waals surface area contributed by atoms with Crippen LogP contribution in [0.25, 0.3) is 0 Å². The maximum atomic E-state index is 12.5. The third-order valence-electron chi connectivity index (χ3n) is 4.48. The summed E-state index contributed by atoms with van der Waals surface area (Å²) in [7, 11) is -1.87. The Bertz CT molecular complexity index is 428. The SMILES string of the molecule is COC(=O)[C@H]1CCCN(S(=O)(=O)CC2CCCCC2)C1. The number of piperidine rings is 1. The maximum absolute atomic E-state index is 12.5. The van der Waals surface area contributed by atoms with E-state index in [1.54, 1.807) is 0 Å². The molecule has 0 aromatic rings. The molecular formula is C14H25NO4S. The van der Waals surface area contributed by atoms with E-state index in [2.05, 4.69) is 0 Å². The molecule has 1 aliphatic carbocycles. The largest absolute Gasteiger partial charge is 0.469 e. The highest BCUT2D eigenvalue weighted by Gasteiger charge is 2.34. The Balaban J connectivity index is 1.95. The summed E-state index contributed by atoms with van der Waals surface area (Å²) < 4.78 is 31.2. The quantitative estimate of drug-likeness (QED) is 0.743. The molecule has 1 heterocycles. The van der Waals surface area contributed by atoms with Crippen molar-refractivity contribution < 1.29 is 17.9 Å². The minimum Gasteiger partial charge on any atom is -0.469 e. The summed E-state index contributed by atoms with van der Waals surface area (Å²) in [5.41, 5.74) is 0. The number of nitrogens with zero attached hydrogens (tertiary/aromatic N) is 1. The van der Waals surface area contributed by atoms with Crippen molar-refractivity contribution in [3.05, 3.63) is 0 Å². The van der Waals surface area contributed by atoms with Crippen molar-refractivity contribution in [1.82, 2.24) is 4.31 Å². The van der Waals surface area contributed by atoms with Gasteiger partial charge in [-0.15, -0.1) is 0 Å². The second-order valence-electron chi connectivity index (χ2n) is 6.00. The topological polar surface area (TPSA) is 63.7 Å². The number of hydrogen-bond donors (Lipinski definition) is 0. The minimum atomic E-state index is -3.23. The number of esters is 1. The fraction of sp³-hybridized carbons (Fsp3) is 0.929. The third-order valence-corrected chi connectivity index (χ3v) is 6.49. The number of ether oxygens (including phenoxy) is 1. The average molecular weight is 303 g/mol. The van der Waals surface area contributed by atoms with Gasteiger partial charge in [-0.25, -0.2) is 12.7 Å². The first-order valence-corrected chi connectivity index (χ1v) is 9.19. The van der Waals surface area contributed by atoms with Crippen LogP contribution in [-0.2, 0) is 19.6 Å². The lowest BCUT2D eigenvalue weighted by Crippen LogP contribution is -2.44. The molecule has 0 bridgehead atoms. The highest BCUT2D eigenvalue weighted by molar-refractivity contribution is 7.89. The molecule has 0 aromatic carbocycles. The van der Waals surface area contributed by atoms with Gasteiger partial charge in [-0.2, -0.15) is 0 Å². The summed E-state index contributed by atoms with van der Waals surface area (Å²) in [6, 6.07) is 0. The van der Waals surface area contributed by atoms with Crippen LogP contribution in [0.3, 0.4) is 0 Å². The molecule has 1 saturated carbocycles. The third kappa shape index (κ3) is 3.95. The van der Waals surface area contributed by atoms with E-state index in [9.17, 15) is 13.2 Å². The van der Waals surface area contributed by atoms with Crippen molar-refractivity contribution >= 4 is 16.0 Å². The monoisotopic (exact) mass is 303 g/mol. The lowest BCUT2D eigenvalue weighted by molar-refractivity contribution is -0.146. The first kappa shape index (κ1) is 15.8. The number of hydrogen-bond acceptors (Lipinski definition) is 4. The van der Waals surface area contributed by atoms with E-state index in [1.807, 2.05) is 0 Å². The number of carbonyl (C=O) groups is 1. The zero-order chi connectivity index (χ0) is 14.6. The van der Waals surface area contributed by atoms with Crippen molar-refractivity contribution in [3.63, 3.8) is 0 Å². The number of rotatable bonds is 4. The van der Waals surface area contributed by atoms with Gasteiger partial charge in [0, 0.05) is 13.1 Å². The standard InChI is InChI=1S/C14H25NO4S/c1-19-14(16)13-8-5-9-15(10-13)20(17,18)11-12-6-3-2-4-7-12/h12-13H,2-11H2,1H3/t13-/m0/s1. The Morgan fingerprint density at radius 2 is 1.85 bits per heavy atom. The van der Waals surface area contributed by atoms with Crippen LogP contribution in [0, 0.1) is 11.8 Å². The highest BCUT2D eigenvalue weighted by Crippen LogP contribution is 2.27. The molecule has 5 nitrogen and oxygen atoms in total. The van der Waals surface area contributed by atoms with Crippen LogP contribution < -0.4 is 0 Å². The van der Waals surface area contributed by atoms with Crippen molar-refractivity contribution in [2.24, 2.45) is 11.8 Å². The van der Waals surface area contributed by atoms with Crippen LogP contribution in [0.2, 0.25) is 0 Å². The fourth-order valence-electron chi connectivity index (χ4n) is 3.31. The molecule has 116 valence electrons. The zero-order valence-corrected chi connectivity index (χ0v) is 13.0. The summed E-state index contributed by atoms with van der Waals surface area (Å²) in [6.07, 6.45) is 7.02.